The van der Waals surface area contributed by atoms with Crippen molar-refractivity contribution in [2.75, 3.05) is 6.54 Å². The third kappa shape index (κ3) is 3.56. The van der Waals surface area contributed by atoms with Crippen LogP contribution in [0.15, 0.2) is 36.7 Å². The lowest BCUT2D eigenvalue weighted by Gasteiger charge is -2.32. The van der Waals surface area contributed by atoms with Gasteiger partial charge in [0.1, 0.15) is 6.04 Å². The lowest BCUT2D eigenvalue weighted by atomic mass is 10.0. The predicted molar refractivity (Wildman–Crippen MR) is 87.4 cm³/mol. The molecule has 0 spiro atoms. The molecule has 1 unspecified atom stereocenters. The van der Waals surface area contributed by atoms with Crippen molar-refractivity contribution in [2.24, 2.45) is 0 Å². The van der Waals surface area contributed by atoms with Crippen LogP contribution in [0, 0.1) is 0 Å². The zero-order valence-corrected chi connectivity index (χ0v) is 13.2. The lowest BCUT2D eigenvalue weighted by Crippen LogP contribution is -2.52. The number of amides is 2. The molecule has 7 heteroatoms. The summed E-state index contributed by atoms with van der Waals surface area (Å²) in [6.45, 7) is 0.739. The number of carbonyl (C=O) groups is 2. The highest BCUT2D eigenvalue weighted by atomic mass is 16.4. The van der Waals surface area contributed by atoms with Crippen LogP contribution in [0.3, 0.4) is 0 Å². The number of carbonyl (C=O) groups excluding carboxylic acids is 1. The van der Waals surface area contributed by atoms with E-state index in [1.54, 1.807) is 0 Å². The average Bonchev–Trinajstić information content (AvgIpc) is 3.05. The van der Waals surface area contributed by atoms with Crippen molar-refractivity contribution in [1.82, 2.24) is 20.2 Å². The molecule has 3 rings (SSSR count). The number of hydrogen-bond donors (Lipinski definition) is 3. The van der Waals surface area contributed by atoms with E-state index in [1.165, 1.54) is 16.8 Å². The molecule has 2 heterocycles. The third-order valence-electron chi connectivity index (χ3n) is 4.21. The van der Waals surface area contributed by atoms with Crippen molar-refractivity contribution in [3.63, 3.8) is 0 Å². The van der Waals surface area contributed by atoms with Gasteiger partial charge in [-0.15, -0.1) is 0 Å². The Morgan fingerprint density at radius 1 is 1.33 bits per heavy atom. The number of benzene rings is 1. The number of carboxylic acid groups (broad SMARTS) is 1. The molecule has 1 aromatic heterocycles. The Morgan fingerprint density at radius 2 is 2.12 bits per heavy atom. The Balaban J connectivity index is 1.54. The summed E-state index contributed by atoms with van der Waals surface area (Å²) in [4.78, 5) is 32.3. The fraction of sp³-hybridized carbons (Fsp3) is 0.353. The van der Waals surface area contributed by atoms with E-state index in [1.807, 2.05) is 30.3 Å². The zero-order valence-electron chi connectivity index (χ0n) is 13.2. The molecule has 1 aromatic carbocycles. The molecule has 0 fully saturated rings. The lowest BCUT2D eigenvalue weighted by molar-refractivity contribution is -0.142. The summed E-state index contributed by atoms with van der Waals surface area (Å²) in [5.41, 5.74) is 2.73. The van der Waals surface area contributed by atoms with Gasteiger partial charge < -0.3 is 20.3 Å². The zero-order chi connectivity index (χ0) is 16.9. The third-order valence-corrected chi connectivity index (χ3v) is 4.21. The van der Waals surface area contributed by atoms with Crippen molar-refractivity contribution >= 4 is 12.0 Å². The van der Waals surface area contributed by atoms with Crippen molar-refractivity contribution in [3.05, 3.63) is 53.6 Å². The maximum atomic E-state index is 12.4. The Bertz CT molecular complexity index is 714. The number of H-pyrrole nitrogens is 1. The van der Waals surface area contributed by atoms with Gasteiger partial charge in [-0.3, -0.25) is 0 Å². The van der Waals surface area contributed by atoms with Crippen molar-refractivity contribution < 1.29 is 14.7 Å². The number of carboxylic acids is 1. The summed E-state index contributed by atoms with van der Waals surface area (Å²) in [5, 5.41) is 12.2. The molecule has 1 atom stereocenters. The number of imidazole rings is 1. The first kappa shape index (κ1) is 16.0. The maximum absolute atomic E-state index is 12.4. The van der Waals surface area contributed by atoms with Gasteiger partial charge in [0.15, 0.2) is 0 Å². The number of urea groups is 1. The molecule has 0 saturated heterocycles. The summed E-state index contributed by atoms with van der Waals surface area (Å²) in [5.74, 6) is -1.01. The molecule has 1 aliphatic rings. The summed E-state index contributed by atoms with van der Waals surface area (Å²) >= 11 is 0. The van der Waals surface area contributed by atoms with Gasteiger partial charge >= 0.3 is 12.0 Å². The molecule has 0 aliphatic carbocycles. The summed E-state index contributed by atoms with van der Waals surface area (Å²) in [7, 11) is 0. The van der Waals surface area contributed by atoms with Crippen LogP contribution in [-0.2, 0) is 24.2 Å². The first-order chi connectivity index (χ1) is 11.6. The van der Waals surface area contributed by atoms with Gasteiger partial charge in [-0.1, -0.05) is 30.3 Å². The second kappa shape index (κ2) is 7.16. The largest absolute Gasteiger partial charge is 0.480 e. The predicted octanol–water partition coefficient (Wildman–Crippen LogP) is 1.56. The molecule has 0 bridgehead atoms. The van der Waals surface area contributed by atoms with Crippen molar-refractivity contribution in [3.8, 4) is 0 Å². The van der Waals surface area contributed by atoms with Gasteiger partial charge in [-0.25, -0.2) is 14.6 Å². The monoisotopic (exact) mass is 328 g/mol. The minimum Gasteiger partial charge on any atom is -0.480 e. The molecular formula is C17H20N4O3. The van der Waals surface area contributed by atoms with Crippen LogP contribution in [0.2, 0.25) is 0 Å². The van der Waals surface area contributed by atoms with Crippen LogP contribution < -0.4 is 5.32 Å². The van der Waals surface area contributed by atoms with Crippen molar-refractivity contribution in [1.29, 1.82) is 0 Å². The van der Waals surface area contributed by atoms with E-state index >= 15 is 0 Å². The highest BCUT2D eigenvalue weighted by Crippen LogP contribution is 2.20. The van der Waals surface area contributed by atoms with Gasteiger partial charge in [0.05, 0.1) is 24.3 Å². The molecule has 24 heavy (non-hydrogen) atoms. The number of rotatable bonds is 5. The van der Waals surface area contributed by atoms with Crippen LogP contribution in [-0.4, -0.2) is 44.6 Å². The van der Waals surface area contributed by atoms with Crippen LogP contribution in [0.4, 0.5) is 4.79 Å². The van der Waals surface area contributed by atoms with Crippen LogP contribution in [0.1, 0.15) is 23.4 Å². The second-order valence-corrected chi connectivity index (χ2v) is 5.83. The van der Waals surface area contributed by atoms with Gasteiger partial charge in [0, 0.05) is 13.0 Å². The number of aromatic amines is 1. The Hall–Kier alpha value is -2.83. The topological polar surface area (TPSA) is 98.3 Å². The van der Waals surface area contributed by atoms with Crippen molar-refractivity contribution in [2.45, 2.75) is 31.8 Å². The van der Waals surface area contributed by atoms with Crippen LogP contribution in [0.25, 0.3) is 0 Å². The second-order valence-electron chi connectivity index (χ2n) is 5.83. The fourth-order valence-electron chi connectivity index (χ4n) is 2.90. The number of fused-ring (bicyclic) bond motifs is 1. The minimum absolute atomic E-state index is 0.228. The highest BCUT2D eigenvalue weighted by molar-refractivity contribution is 5.83. The highest BCUT2D eigenvalue weighted by Gasteiger charge is 2.35. The number of aromatic nitrogens is 2. The summed E-state index contributed by atoms with van der Waals surface area (Å²) in [6.07, 6.45) is 3.43. The molecule has 0 radical (unpaired) electrons. The molecule has 126 valence electrons. The van der Waals surface area contributed by atoms with E-state index in [4.69, 9.17) is 0 Å². The molecule has 2 aromatic rings. The van der Waals surface area contributed by atoms with Gasteiger partial charge in [-0.2, -0.15) is 0 Å². The Morgan fingerprint density at radius 3 is 2.88 bits per heavy atom. The minimum atomic E-state index is -1.01. The molecule has 3 N–H and O–H groups in total. The quantitative estimate of drug-likeness (QED) is 0.726. The molecule has 1 aliphatic heterocycles. The maximum Gasteiger partial charge on any atom is 0.326 e. The Kier molecular flexibility index (Phi) is 4.79. The molecule has 0 saturated carbocycles. The summed E-state index contributed by atoms with van der Waals surface area (Å²) in [6, 6.07) is 8.81. The molecule has 7 nitrogen and oxygen atoms in total. The Labute approximate surface area is 139 Å². The SMILES string of the molecule is O=C(O)C1Cc2nc[nH]c2CN1C(=O)NCCCc1ccccc1. The number of nitrogens with one attached hydrogen (secondary N) is 2. The number of hydrogen-bond acceptors (Lipinski definition) is 3. The van der Waals surface area contributed by atoms with Crippen LogP contribution >= 0.6 is 0 Å². The smallest absolute Gasteiger partial charge is 0.326 e. The van der Waals surface area contributed by atoms with E-state index in [2.05, 4.69) is 15.3 Å². The first-order valence-corrected chi connectivity index (χ1v) is 7.97. The van der Waals surface area contributed by atoms with Gasteiger partial charge in [0.2, 0.25) is 0 Å². The number of aryl methyl sites for hydroxylation is 1. The van der Waals surface area contributed by atoms with E-state index in [-0.39, 0.29) is 19.0 Å². The van der Waals surface area contributed by atoms with E-state index in [9.17, 15) is 14.7 Å². The number of aliphatic carboxylic acids is 1. The normalized spacial score (nSPS) is 16.5. The summed E-state index contributed by atoms with van der Waals surface area (Å²) < 4.78 is 0. The standard InChI is InChI=1S/C17H20N4O3/c22-16(23)15-9-13-14(20-11-19-13)10-21(15)17(24)18-8-4-7-12-5-2-1-3-6-12/h1-3,5-6,11,15H,4,7-10H2,(H,18,24)(H,19,20)(H,22,23). The first-order valence-electron chi connectivity index (χ1n) is 7.97. The average molecular weight is 328 g/mol. The molecular weight excluding hydrogens is 308 g/mol. The van der Waals surface area contributed by atoms with E-state index in [0.717, 1.165) is 24.2 Å². The van der Waals surface area contributed by atoms with E-state index < -0.39 is 12.0 Å². The number of nitrogens with zero attached hydrogens (tertiary/aromatic N) is 2. The van der Waals surface area contributed by atoms with E-state index in [0.29, 0.717) is 6.54 Å². The molecule has 2 amide bonds. The fourth-order valence-corrected chi connectivity index (χ4v) is 2.90. The van der Waals surface area contributed by atoms with Gasteiger partial charge in [-0.05, 0) is 18.4 Å². The van der Waals surface area contributed by atoms with Crippen LogP contribution in [0.5, 0.6) is 0 Å². The van der Waals surface area contributed by atoms with Gasteiger partial charge in [0.25, 0.3) is 0 Å².